The Bertz CT molecular complexity index is 1170. The van der Waals surface area contributed by atoms with Gasteiger partial charge in [0.2, 0.25) is 11.8 Å². The first-order valence-corrected chi connectivity index (χ1v) is 12.2. The fraction of sp³-hybridized carbons (Fsp3) is 0.375. The zero-order chi connectivity index (χ0) is 22.9. The molecule has 2 fully saturated rings. The number of piperidine rings is 1. The Morgan fingerprint density at radius 2 is 1.91 bits per heavy atom. The second-order valence-corrected chi connectivity index (χ2v) is 9.77. The van der Waals surface area contributed by atoms with E-state index in [1.807, 2.05) is 35.2 Å². The highest BCUT2D eigenvalue weighted by molar-refractivity contribution is 7.20. The molecule has 172 valence electrons. The molecule has 0 spiro atoms. The van der Waals surface area contributed by atoms with Gasteiger partial charge in [-0.1, -0.05) is 22.9 Å². The summed E-state index contributed by atoms with van der Waals surface area (Å²) in [6, 6.07) is 12.9. The number of rotatable bonds is 5. The number of fused-ring (bicyclic) bond motifs is 1. The van der Waals surface area contributed by atoms with Crippen LogP contribution in [-0.4, -0.2) is 54.5 Å². The van der Waals surface area contributed by atoms with Crippen molar-refractivity contribution in [3.8, 4) is 10.9 Å². The van der Waals surface area contributed by atoms with Crippen LogP contribution in [0.3, 0.4) is 0 Å². The molecule has 5 rings (SSSR count). The van der Waals surface area contributed by atoms with Gasteiger partial charge in [-0.25, -0.2) is 4.98 Å². The summed E-state index contributed by atoms with van der Waals surface area (Å²) in [4.78, 5) is 33.7. The molecule has 33 heavy (non-hydrogen) atoms. The number of methoxy groups -OCH3 is 1. The molecule has 1 atom stereocenters. The van der Waals surface area contributed by atoms with Crippen LogP contribution in [0.2, 0.25) is 5.02 Å². The number of anilines is 1. The maximum absolute atomic E-state index is 13.1. The van der Waals surface area contributed by atoms with E-state index in [2.05, 4.69) is 4.98 Å². The number of nitrogens with zero attached hydrogens (tertiary/aromatic N) is 3. The molecule has 0 bridgehead atoms. The first kappa shape index (κ1) is 22.0. The molecule has 0 saturated carbocycles. The maximum Gasteiger partial charge on any atom is 0.274 e. The monoisotopic (exact) mass is 485 g/mol. The van der Waals surface area contributed by atoms with Crippen LogP contribution < -0.4 is 14.4 Å². The zero-order valence-electron chi connectivity index (χ0n) is 18.2. The molecule has 3 aromatic rings. The molecule has 1 unspecified atom stereocenters. The second kappa shape index (κ2) is 9.19. The summed E-state index contributed by atoms with van der Waals surface area (Å²) in [5.41, 5.74) is 1.64. The summed E-state index contributed by atoms with van der Waals surface area (Å²) in [6.07, 6.45) is 1.75. The van der Waals surface area contributed by atoms with Gasteiger partial charge in [-0.15, -0.1) is 0 Å². The summed E-state index contributed by atoms with van der Waals surface area (Å²) in [7, 11) is 1.64. The van der Waals surface area contributed by atoms with Crippen LogP contribution >= 0.6 is 22.9 Å². The molecular weight excluding hydrogens is 462 g/mol. The van der Waals surface area contributed by atoms with Gasteiger partial charge in [0.15, 0.2) is 0 Å². The van der Waals surface area contributed by atoms with Crippen molar-refractivity contribution in [3.05, 3.63) is 47.5 Å². The van der Waals surface area contributed by atoms with Crippen molar-refractivity contribution in [1.82, 2.24) is 9.88 Å². The Labute approximate surface area is 200 Å². The highest BCUT2D eigenvalue weighted by Gasteiger charge is 2.38. The van der Waals surface area contributed by atoms with Crippen molar-refractivity contribution < 1.29 is 19.1 Å². The van der Waals surface area contributed by atoms with Gasteiger partial charge in [-0.3, -0.25) is 9.59 Å². The van der Waals surface area contributed by atoms with Gasteiger partial charge in [0.25, 0.3) is 5.19 Å². The lowest BCUT2D eigenvalue weighted by Gasteiger charge is -2.33. The van der Waals surface area contributed by atoms with E-state index >= 15 is 0 Å². The molecule has 2 amide bonds. The van der Waals surface area contributed by atoms with Crippen LogP contribution in [0.4, 0.5) is 5.69 Å². The molecule has 2 aliphatic heterocycles. The summed E-state index contributed by atoms with van der Waals surface area (Å²) in [5.74, 6) is 0.475. The molecule has 9 heteroatoms. The van der Waals surface area contributed by atoms with Crippen molar-refractivity contribution in [2.75, 3.05) is 31.6 Å². The molecule has 2 saturated heterocycles. The van der Waals surface area contributed by atoms with Crippen molar-refractivity contribution in [2.24, 2.45) is 5.92 Å². The third kappa shape index (κ3) is 4.63. The van der Waals surface area contributed by atoms with Gasteiger partial charge in [0.05, 0.1) is 23.2 Å². The van der Waals surface area contributed by atoms with Crippen molar-refractivity contribution in [3.63, 3.8) is 0 Å². The third-order valence-corrected chi connectivity index (χ3v) is 7.39. The number of amides is 2. The zero-order valence-corrected chi connectivity index (χ0v) is 19.8. The Hall–Kier alpha value is -2.84. The smallest absolute Gasteiger partial charge is 0.274 e. The van der Waals surface area contributed by atoms with E-state index in [4.69, 9.17) is 21.1 Å². The lowest BCUT2D eigenvalue weighted by atomic mass is 10.0. The number of benzene rings is 2. The largest absolute Gasteiger partial charge is 0.497 e. The average molecular weight is 486 g/mol. The minimum Gasteiger partial charge on any atom is -0.497 e. The van der Waals surface area contributed by atoms with E-state index in [1.165, 1.54) is 11.3 Å². The number of likely N-dealkylation sites (tertiary alicyclic amines) is 1. The standard InChI is InChI=1S/C24H24ClN3O4S/c1-31-19-6-7-21-20(13-19)26-24(33-21)32-18-8-10-27(11-9-18)23(30)15-12-22(29)28(14-15)17-4-2-16(25)3-5-17/h2-7,13,15,18H,8-12,14H2,1H3. The van der Waals surface area contributed by atoms with Crippen molar-refractivity contribution in [2.45, 2.75) is 25.4 Å². The number of hydrogen-bond donors (Lipinski definition) is 0. The minimum atomic E-state index is -0.315. The van der Waals surface area contributed by atoms with E-state index in [0.29, 0.717) is 29.9 Å². The van der Waals surface area contributed by atoms with Crippen LogP contribution in [0, 0.1) is 5.92 Å². The predicted octanol–water partition coefficient (Wildman–Crippen LogP) is 4.38. The van der Waals surface area contributed by atoms with E-state index < -0.39 is 0 Å². The van der Waals surface area contributed by atoms with Gasteiger partial charge in [-0.05, 0) is 36.4 Å². The van der Waals surface area contributed by atoms with Crippen molar-refractivity contribution >= 4 is 50.7 Å². The Morgan fingerprint density at radius 3 is 2.64 bits per heavy atom. The number of carbonyl (C=O) groups excluding carboxylic acids is 2. The molecule has 0 radical (unpaired) electrons. The third-order valence-electron chi connectivity index (χ3n) is 6.21. The van der Waals surface area contributed by atoms with Gasteiger partial charge >= 0.3 is 0 Å². The highest BCUT2D eigenvalue weighted by atomic mass is 35.5. The number of halogens is 1. The highest BCUT2D eigenvalue weighted by Crippen LogP contribution is 2.32. The van der Waals surface area contributed by atoms with Gasteiger partial charge < -0.3 is 19.3 Å². The van der Waals surface area contributed by atoms with Crippen LogP contribution in [0.15, 0.2) is 42.5 Å². The first-order valence-electron chi connectivity index (χ1n) is 11.0. The summed E-state index contributed by atoms with van der Waals surface area (Å²) < 4.78 is 12.4. The number of thiazole rings is 1. The van der Waals surface area contributed by atoms with E-state index in [-0.39, 0.29) is 30.3 Å². The second-order valence-electron chi connectivity index (χ2n) is 8.34. The van der Waals surface area contributed by atoms with Crippen LogP contribution in [0.1, 0.15) is 19.3 Å². The molecule has 7 nitrogen and oxygen atoms in total. The number of ether oxygens (including phenoxy) is 2. The Kier molecular flexibility index (Phi) is 6.12. The van der Waals surface area contributed by atoms with Crippen LogP contribution in [-0.2, 0) is 9.59 Å². The lowest BCUT2D eigenvalue weighted by Crippen LogP contribution is -2.44. The lowest BCUT2D eigenvalue weighted by molar-refractivity contribution is -0.137. The maximum atomic E-state index is 13.1. The molecule has 0 N–H and O–H groups in total. The average Bonchev–Trinajstić information content (AvgIpc) is 3.41. The van der Waals surface area contributed by atoms with Crippen LogP contribution in [0.5, 0.6) is 10.9 Å². The first-order chi connectivity index (χ1) is 16.0. The number of aromatic nitrogens is 1. The minimum absolute atomic E-state index is 0.0206. The van der Waals surface area contributed by atoms with Gasteiger partial charge in [0, 0.05) is 55.7 Å². The normalized spacial score (nSPS) is 19.3. The SMILES string of the molecule is COc1ccc2sc(OC3CCN(C(=O)C4CC(=O)N(c5ccc(Cl)cc5)C4)CC3)nc2c1. The molecular formula is C24H24ClN3O4S. The Morgan fingerprint density at radius 1 is 1.15 bits per heavy atom. The topological polar surface area (TPSA) is 72.0 Å². The summed E-state index contributed by atoms with van der Waals surface area (Å²) in [6.45, 7) is 1.65. The van der Waals surface area contributed by atoms with Crippen LogP contribution in [0.25, 0.3) is 10.2 Å². The van der Waals surface area contributed by atoms with Gasteiger partial charge in [-0.2, -0.15) is 0 Å². The fourth-order valence-electron chi connectivity index (χ4n) is 4.40. The van der Waals surface area contributed by atoms with E-state index in [0.717, 1.165) is 34.5 Å². The molecule has 1 aromatic heterocycles. The molecule has 0 aliphatic carbocycles. The molecule has 3 heterocycles. The fourth-order valence-corrected chi connectivity index (χ4v) is 5.39. The number of hydrogen-bond acceptors (Lipinski definition) is 6. The molecule has 2 aromatic carbocycles. The van der Waals surface area contributed by atoms with Gasteiger partial charge in [0.1, 0.15) is 11.9 Å². The Balaban J connectivity index is 1.16. The predicted molar refractivity (Wildman–Crippen MR) is 128 cm³/mol. The summed E-state index contributed by atoms with van der Waals surface area (Å²) >= 11 is 7.46. The van der Waals surface area contributed by atoms with E-state index in [1.54, 1.807) is 24.1 Å². The van der Waals surface area contributed by atoms with Crippen molar-refractivity contribution in [1.29, 1.82) is 0 Å². The number of carbonyl (C=O) groups is 2. The molecule has 2 aliphatic rings. The quantitative estimate of drug-likeness (QED) is 0.536. The van der Waals surface area contributed by atoms with E-state index in [9.17, 15) is 9.59 Å². The summed E-state index contributed by atoms with van der Waals surface area (Å²) in [5, 5.41) is 1.26.